The highest BCUT2D eigenvalue weighted by atomic mass is 28.4. The van der Waals surface area contributed by atoms with Gasteiger partial charge in [0.2, 0.25) is 0 Å². The van der Waals surface area contributed by atoms with Crippen LogP contribution in [0.25, 0.3) is 0 Å². The summed E-state index contributed by atoms with van der Waals surface area (Å²) >= 11 is 0. The summed E-state index contributed by atoms with van der Waals surface area (Å²) in [6, 6.07) is 0. The quantitative estimate of drug-likeness (QED) is 0.527. The molecule has 94 valence electrons. The Balaban J connectivity index is 4.47. The zero-order chi connectivity index (χ0) is 12.8. The third-order valence-electron chi connectivity index (χ3n) is 1.92. The molecule has 0 saturated carbocycles. The van der Waals surface area contributed by atoms with Crippen LogP contribution in [0.3, 0.4) is 0 Å². The summed E-state index contributed by atoms with van der Waals surface area (Å²) in [6.07, 6.45) is 3.71. The molecule has 0 bridgehead atoms. The average Bonchev–Trinajstić information content (AvgIpc) is 2.06. The van der Waals surface area contributed by atoms with E-state index in [4.69, 9.17) is 4.43 Å². The summed E-state index contributed by atoms with van der Waals surface area (Å²) in [4.78, 5) is 0. The Kier molecular flexibility index (Phi) is 6.61. The molecule has 0 radical (unpaired) electrons. The molecule has 0 fully saturated rings. The van der Waals surface area contributed by atoms with Gasteiger partial charge in [-0.2, -0.15) is 0 Å². The second-order valence-corrected chi connectivity index (χ2v) is 15.6. The van der Waals surface area contributed by atoms with Gasteiger partial charge in [0.25, 0.3) is 0 Å². The summed E-state index contributed by atoms with van der Waals surface area (Å²) in [5, 5.41) is 0. The van der Waals surface area contributed by atoms with Crippen molar-refractivity contribution in [2.24, 2.45) is 0 Å². The molecule has 0 aromatic heterocycles. The largest absolute Gasteiger partial charge is 0.404 e. The first-order valence-corrected chi connectivity index (χ1v) is 13.3. The molecule has 1 atom stereocenters. The lowest BCUT2D eigenvalue weighted by atomic mass is 10.2. The van der Waals surface area contributed by atoms with E-state index in [9.17, 15) is 0 Å². The Hall–Kier alpha value is -0.0462. The number of hydrogen-bond acceptors (Lipinski definition) is 1. The van der Waals surface area contributed by atoms with Gasteiger partial charge in [-0.05, 0) is 26.1 Å². The first-order valence-electron chi connectivity index (χ1n) is 6.34. The van der Waals surface area contributed by atoms with Crippen LogP contribution in [0.5, 0.6) is 0 Å². The van der Waals surface area contributed by atoms with Gasteiger partial charge in [-0.25, -0.2) is 0 Å². The summed E-state index contributed by atoms with van der Waals surface area (Å²) in [5.41, 5.74) is 3.44. The van der Waals surface area contributed by atoms with Crippen molar-refractivity contribution in [3.05, 3.63) is 0 Å². The molecule has 1 unspecified atom stereocenters. The van der Waals surface area contributed by atoms with E-state index < -0.39 is 16.4 Å². The lowest BCUT2D eigenvalue weighted by Gasteiger charge is -2.23. The summed E-state index contributed by atoms with van der Waals surface area (Å²) in [7, 11) is -2.71. The van der Waals surface area contributed by atoms with Gasteiger partial charge >= 0.3 is 0 Å². The van der Waals surface area contributed by atoms with Crippen LogP contribution in [-0.2, 0) is 4.43 Å². The van der Waals surface area contributed by atoms with E-state index in [-0.39, 0.29) is 6.10 Å². The van der Waals surface area contributed by atoms with Crippen molar-refractivity contribution in [2.45, 2.75) is 71.6 Å². The maximum Gasteiger partial charge on any atom is 0.185 e. The van der Waals surface area contributed by atoms with E-state index in [0.29, 0.717) is 0 Å². The highest BCUT2D eigenvalue weighted by molar-refractivity contribution is 6.83. The van der Waals surface area contributed by atoms with Crippen molar-refractivity contribution in [3.63, 3.8) is 0 Å². The molecule has 3 heteroatoms. The fourth-order valence-corrected chi connectivity index (χ4v) is 2.90. The lowest BCUT2D eigenvalue weighted by molar-refractivity contribution is 0.236. The fourth-order valence-electron chi connectivity index (χ4n) is 1.27. The summed E-state index contributed by atoms with van der Waals surface area (Å²) in [5.74, 6) is 3.38. The highest BCUT2D eigenvalue weighted by Crippen LogP contribution is 2.12. The minimum atomic E-state index is -1.45. The lowest BCUT2D eigenvalue weighted by Crippen LogP contribution is -2.31. The van der Waals surface area contributed by atoms with E-state index in [2.05, 4.69) is 57.7 Å². The van der Waals surface area contributed by atoms with E-state index in [1.54, 1.807) is 0 Å². The minimum Gasteiger partial charge on any atom is -0.404 e. The van der Waals surface area contributed by atoms with Crippen molar-refractivity contribution in [1.29, 1.82) is 0 Å². The van der Waals surface area contributed by atoms with Gasteiger partial charge in [-0.1, -0.05) is 45.3 Å². The van der Waals surface area contributed by atoms with Gasteiger partial charge in [0.05, 0.1) is 0 Å². The molecule has 1 nitrogen and oxygen atoms in total. The molecule has 0 aliphatic rings. The van der Waals surface area contributed by atoms with Crippen LogP contribution in [0.1, 0.15) is 26.2 Å². The van der Waals surface area contributed by atoms with Crippen LogP contribution < -0.4 is 0 Å². The fraction of sp³-hybridized carbons (Fsp3) is 0.846. The molecular formula is C13H28OSi2. The van der Waals surface area contributed by atoms with Crippen molar-refractivity contribution < 1.29 is 4.43 Å². The smallest absolute Gasteiger partial charge is 0.185 e. The van der Waals surface area contributed by atoms with Gasteiger partial charge in [0, 0.05) is 0 Å². The first-order chi connectivity index (χ1) is 7.14. The molecule has 0 rings (SSSR count). The normalized spacial score (nSPS) is 14.2. The second-order valence-electron chi connectivity index (χ2n) is 6.38. The van der Waals surface area contributed by atoms with E-state index >= 15 is 0 Å². The molecule has 0 aliphatic carbocycles. The molecule has 0 aliphatic heterocycles. The Bertz CT molecular complexity index is 250. The summed E-state index contributed by atoms with van der Waals surface area (Å²) < 4.78 is 6.12. The molecule has 0 amide bonds. The van der Waals surface area contributed by atoms with Gasteiger partial charge in [-0.3, -0.25) is 0 Å². The predicted octanol–water partition coefficient (Wildman–Crippen LogP) is 4.28. The summed E-state index contributed by atoms with van der Waals surface area (Å²) in [6.45, 7) is 15.8. The molecule has 0 heterocycles. The van der Waals surface area contributed by atoms with Gasteiger partial charge < -0.3 is 4.43 Å². The molecule has 0 spiro atoms. The Morgan fingerprint density at radius 2 is 1.62 bits per heavy atom. The van der Waals surface area contributed by atoms with Crippen LogP contribution in [-0.4, -0.2) is 22.5 Å². The Morgan fingerprint density at radius 3 is 2.00 bits per heavy atom. The second kappa shape index (κ2) is 6.63. The van der Waals surface area contributed by atoms with Crippen LogP contribution in [0.15, 0.2) is 0 Å². The topological polar surface area (TPSA) is 9.23 Å². The zero-order valence-electron chi connectivity index (χ0n) is 12.1. The minimum absolute atomic E-state index is 0.179. The van der Waals surface area contributed by atoms with E-state index in [0.717, 1.165) is 6.42 Å². The average molecular weight is 257 g/mol. The molecule has 0 aromatic carbocycles. The maximum atomic E-state index is 6.12. The number of unbranched alkanes of at least 4 members (excludes halogenated alkanes) is 1. The Morgan fingerprint density at radius 1 is 1.06 bits per heavy atom. The van der Waals surface area contributed by atoms with Crippen LogP contribution >= 0.6 is 0 Å². The Labute approximate surface area is 104 Å². The third kappa shape index (κ3) is 10.5. The van der Waals surface area contributed by atoms with Gasteiger partial charge in [0.1, 0.15) is 14.2 Å². The highest BCUT2D eigenvalue weighted by Gasteiger charge is 2.19. The van der Waals surface area contributed by atoms with Crippen LogP contribution in [0.2, 0.25) is 39.3 Å². The van der Waals surface area contributed by atoms with Crippen molar-refractivity contribution >= 4 is 16.4 Å². The van der Waals surface area contributed by atoms with Gasteiger partial charge in [0.15, 0.2) is 8.32 Å². The SMILES string of the molecule is CCCCC(C#C[Si](C)(C)C)O[Si](C)(C)C. The third-order valence-corrected chi connectivity index (χ3v) is 3.81. The van der Waals surface area contributed by atoms with Crippen LogP contribution in [0.4, 0.5) is 0 Å². The van der Waals surface area contributed by atoms with Gasteiger partial charge in [-0.15, -0.1) is 5.54 Å². The number of hydrogen-bond donors (Lipinski definition) is 0. The molecule has 0 N–H and O–H groups in total. The molecule has 16 heavy (non-hydrogen) atoms. The van der Waals surface area contributed by atoms with Crippen molar-refractivity contribution in [2.75, 3.05) is 0 Å². The zero-order valence-corrected chi connectivity index (χ0v) is 14.1. The van der Waals surface area contributed by atoms with Crippen molar-refractivity contribution in [1.82, 2.24) is 0 Å². The monoisotopic (exact) mass is 256 g/mol. The number of rotatable bonds is 5. The first kappa shape index (κ1) is 16.0. The predicted molar refractivity (Wildman–Crippen MR) is 78.9 cm³/mol. The molecular weight excluding hydrogens is 228 g/mol. The van der Waals surface area contributed by atoms with E-state index in [1.807, 2.05) is 0 Å². The molecule has 0 aromatic rings. The molecule has 0 saturated heterocycles. The van der Waals surface area contributed by atoms with Crippen molar-refractivity contribution in [3.8, 4) is 11.5 Å². The van der Waals surface area contributed by atoms with E-state index in [1.165, 1.54) is 12.8 Å². The maximum absolute atomic E-state index is 6.12. The standard InChI is InChI=1S/C13H28OSi2/c1-8-9-10-13(14-16(5,6)7)11-12-15(2,3)4/h13H,8-10H2,1-7H3. The van der Waals surface area contributed by atoms with Crippen LogP contribution in [0, 0.1) is 11.5 Å².